The quantitative estimate of drug-likeness (QED) is 0.865. The van der Waals surface area contributed by atoms with Gasteiger partial charge in [0, 0.05) is 30.3 Å². The number of terminal acetylenes is 1. The van der Waals surface area contributed by atoms with Gasteiger partial charge in [0.1, 0.15) is 0 Å². The number of fused-ring (bicyclic) bond motifs is 3. The Labute approximate surface area is 136 Å². The number of rotatable bonds is 2. The minimum atomic E-state index is 0.00576. The second kappa shape index (κ2) is 5.72. The molecule has 2 bridgehead atoms. The number of nitrogens with one attached hydrogen (secondary N) is 1. The maximum Gasteiger partial charge on any atom is 0.251 e. The molecule has 2 aliphatic rings. The van der Waals surface area contributed by atoms with E-state index in [0.717, 1.165) is 35.2 Å². The van der Waals surface area contributed by atoms with Crippen LogP contribution in [-0.2, 0) is 0 Å². The molecule has 2 heterocycles. The van der Waals surface area contributed by atoms with Crippen molar-refractivity contribution in [2.24, 2.45) is 5.92 Å². The molecule has 3 heteroatoms. The molecule has 1 amide bonds. The first-order chi connectivity index (χ1) is 11.2. The SMILES string of the molecule is C#Cc1cccc2ccc(C(=O)N[C@@H]3C[C@H]4CCN(C4)C3)cc12. The van der Waals surface area contributed by atoms with Gasteiger partial charge in [-0.05, 0) is 54.3 Å². The predicted octanol–water partition coefficient (Wildman–Crippen LogP) is 2.65. The molecule has 0 spiro atoms. The lowest BCUT2D eigenvalue weighted by molar-refractivity contribution is 0.0909. The zero-order valence-corrected chi connectivity index (χ0v) is 13.1. The number of benzene rings is 2. The molecule has 1 unspecified atom stereocenters. The molecule has 0 saturated carbocycles. The van der Waals surface area contributed by atoms with Crippen molar-refractivity contribution >= 4 is 16.7 Å². The van der Waals surface area contributed by atoms with E-state index in [2.05, 4.69) is 16.1 Å². The average Bonchev–Trinajstić information content (AvgIpc) is 2.92. The highest BCUT2D eigenvalue weighted by molar-refractivity contribution is 6.00. The third kappa shape index (κ3) is 2.71. The average molecular weight is 304 g/mol. The highest BCUT2D eigenvalue weighted by Gasteiger charge is 2.32. The van der Waals surface area contributed by atoms with Gasteiger partial charge < -0.3 is 10.2 Å². The third-order valence-corrected chi connectivity index (χ3v) is 5.10. The zero-order valence-electron chi connectivity index (χ0n) is 13.1. The van der Waals surface area contributed by atoms with Crippen LogP contribution in [0.5, 0.6) is 0 Å². The van der Waals surface area contributed by atoms with Gasteiger partial charge in [0.15, 0.2) is 0 Å². The molecule has 23 heavy (non-hydrogen) atoms. The number of hydrogen-bond acceptors (Lipinski definition) is 2. The Kier molecular flexibility index (Phi) is 3.55. The minimum absolute atomic E-state index is 0.00576. The molecule has 1 N–H and O–H groups in total. The van der Waals surface area contributed by atoms with Crippen LogP contribution in [0.4, 0.5) is 0 Å². The summed E-state index contributed by atoms with van der Waals surface area (Å²) in [6, 6.07) is 11.9. The van der Waals surface area contributed by atoms with Crippen LogP contribution in [0.25, 0.3) is 10.8 Å². The number of piperidine rings is 1. The first-order valence-corrected chi connectivity index (χ1v) is 8.25. The minimum Gasteiger partial charge on any atom is -0.348 e. The molecule has 2 aliphatic heterocycles. The normalized spacial score (nSPS) is 26.0. The van der Waals surface area contributed by atoms with E-state index in [1.807, 2.05) is 36.4 Å². The number of nitrogens with zero attached hydrogens (tertiary/aromatic N) is 1. The summed E-state index contributed by atoms with van der Waals surface area (Å²) in [4.78, 5) is 15.1. The molecule has 3 atom stereocenters. The van der Waals surface area contributed by atoms with E-state index >= 15 is 0 Å². The van der Waals surface area contributed by atoms with Crippen molar-refractivity contribution in [1.82, 2.24) is 10.2 Å². The topological polar surface area (TPSA) is 32.3 Å². The van der Waals surface area contributed by atoms with Gasteiger partial charge in [-0.3, -0.25) is 4.79 Å². The fourth-order valence-corrected chi connectivity index (χ4v) is 3.97. The first kappa shape index (κ1) is 14.3. The molecule has 2 aromatic carbocycles. The maximum atomic E-state index is 12.6. The monoisotopic (exact) mass is 304 g/mol. The van der Waals surface area contributed by atoms with Gasteiger partial charge in [-0.1, -0.05) is 24.1 Å². The summed E-state index contributed by atoms with van der Waals surface area (Å²) in [5.41, 5.74) is 1.52. The number of hydrogen-bond donors (Lipinski definition) is 1. The standard InChI is InChI=1S/C20H20N2O/c1-2-15-4-3-5-16-6-7-17(11-19(15)16)20(23)21-18-10-14-8-9-22(12-14)13-18/h1,3-7,11,14,18H,8-10,12-13H2,(H,21,23)/t14-,18-/m1/s1. The van der Waals surface area contributed by atoms with Gasteiger partial charge >= 0.3 is 0 Å². The smallest absolute Gasteiger partial charge is 0.251 e. The van der Waals surface area contributed by atoms with Gasteiger partial charge in [0.2, 0.25) is 0 Å². The fourth-order valence-electron chi connectivity index (χ4n) is 3.97. The van der Waals surface area contributed by atoms with Crippen molar-refractivity contribution < 1.29 is 4.79 Å². The second-order valence-corrected chi connectivity index (χ2v) is 6.71. The number of carbonyl (C=O) groups is 1. The van der Waals surface area contributed by atoms with Crippen molar-refractivity contribution in [3.63, 3.8) is 0 Å². The lowest BCUT2D eigenvalue weighted by Crippen LogP contribution is -2.47. The molecule has 116 valence electrons. The van der Waals surface area contributed by atoms with Gasteiger partial charge in [-0.15, -0.1) is 6.42 Å². The van der Waals surface area contributed by atoms with Crippen molar-refractivity contribution in [2.75, 3.05) is 19.6 Å². The van der Waals surface area contributed by atoms with E-state index in [4.69, 9.17) is 6.42 Å². The summed E-state index contributed by atoms with van der Waals surface area (Å²) >= 11 is 0. The van der Waals surface area contributed by atoms with Crippen LogP contribution in [0, 0.1) is 18.3 Å². The first-order valence-electron chi connectivity index (χ1n) is 8.25. The largest absolute Gasteiger partial charge is 0.348 e. The Morgan fingerprint density at radius 2 is 2.17 bits per heavy atom. The Hall–Kier alpha value is -2.31. The fraction of sp³-hybridized carbons (Fsp3) is 0.350. The highest BCUT2D eigenvalue weighted by atomic mass is 16.1. The van der Waals surface area contributed by atoms with E-state index in [-0.39, 0.29) is 11.9 Å². The molecule has 2 aromatic rings. The Morgan fingerprint density at radius 1 is 1.26 bits per heavy atom. The van der Waals surface area contributed by atoms with E-state index < -0.39 is 0 Å². The maximum absolute atomic E-state index is 12.6. The summed E-state index contributed by atoms with van der Waals surface area (Å²) in [5.74, 6) is 3.45. The Bertz CT molecular complexity index is 793. The van der Waals surface area contributed by atoms with Crippen LogP contribution < -0.4 is 5.32 Å². The lowest BCUT2D eigenvalue weighted by Gasteiger charge is -2.30. The Morgan fingerprint density at radius 3 is 3.00 bits per heavy atom. The van der Waals surface area contributed by atoms with Gasteiger partial charge in [0.05, 0.1) is 0 Å². The molecule has 4 rings (SSSR count). The molecule has 2 saturated heterocycles. The van der Waals surface area contributed by atoms with E-state index in [9.17, 15) is 4.79 Å². The zero-order chi connectivity index (χ0) is 15.8. The molecule has 2 fully saturated rings. The van der Waals surface area contributed by atoms with E-state index in [1.54, 1.807) is 0 Å². The number of carbonyl (C=O) groups excluding carboxylic acids is 1. The van der Waals surface area contributed by atoms with Crippen LogP contribution >= 0.6 is 0 Å². The van der Waals surface area contributed by atoms with E-state index in [1.165, 1.54) is 19.5 Å². The van der Waals surface area contributed by atoms with Gasteiger partial charge in [-0.2, -0.15) is 0 Å². The summed E-state index contributed by atoms with van der Waals surface area (Å²) in [6.45, 7) is 3.36. The summed E-state index contributed by atoms with van der Waals surface area (Å²) in [7, 11) is 0. The van der Waals surface area contributed by atoms with Crippen molar-refractivity contribution in [2.45, 2.75) is 18.9 Å². The van der Waals surface area contributed by atoms with Crippen LogP contribution in [0.3, 0.4) is 0 Å². The summed E-state index contributed by atoms with van der Waals surface area (Å²) in [5, 5.41) is 5.24. The predicted molar refractivity (Wildman–Crippen MR) is 92.3 cm³/mol. The molecule has 3 nitrogen and oxygen atoms in total. The molecular formula is C20H20N2O. The highest BCUT2D eigenvalue weighted by Crippen LogP contribution is 2.27. The third-order valence-electron chi connectivity index (χ3n) is 5.10. The van der Waals surface area contributed by atoms with E-state index in [0.29, 0.717) is 5.56 Å². The van der Waals surface area contributed by atoms with Crippen molar-refractivity contribution in [1.29, 1.82) is 0 Å². The Balaban J connectivity index is 1.56. The van der Waals surface area contributed by atoms with Crippen LogP contribution in [0.2, 0.25) is 0 Å². The van der Waals surface area contributed by atoms with Crippen molar-refractivity contribution in [3.05, 3.63) is 47.5 Å². The molecule has 0 radical (unpaired) electrons. The number of amides is 1. The van der Waals surface area contributed by atoms with Crippen LogP contribution in [0.15, 0.2) is 36.4 Å². The molecule has 0 aromatic heterocycles. The van der Waals surface area contributed by atoms with Gasteiger partial charge in [0.25, 0.3) is 5.91 Å². The van der Waals surface area contributed by atoms with Crippen LogP contribution in [-0.4, -0.2) is 36.5 Å². The summed E-state index contributed by atoms with van der Waals surface area (Å²) < 4.78 is 0. The summed E-state index contributed by atoms with van der Waals surface area (Å²) in [6.07, 6.45) is 7.95. The van der Waals surface area contributed by atoms with Crippen LogP contribution in [0.1, 0.15) is 28.8 Å². The molecule has 0 aliphatic carbocycles. The molecular weight excluding hydrogens is 284 g/mol. The van der Waals surface area contributed by atoms with Gasteiger partial charge in [-0.25, -0.2) is 0 Å². The van der Waals surface area contributed by atoms with Crippen molar-refractivity contribution in [3.8, 4) is 12.3 Å². The lowest BCUT2D eigenvalue weighted by atomic mass is 9.96. The second-order valence-electron chi connectivity index (χ2n) is 6.71.